The first kappa shape index (κ1) is 21.4. The third kappa shape index (κ3) is 5.47. The molecule has 1 aliphatic rings. The van der Waals surface area contributed by atoms with Gasteiger partial charge >= 0.3 is 0 Å². The van der Waals surface area contributed by atoms with Gasteiger partial charge in [-0.2, -0.15) is 4.98 Å². The van der Waals surface area contributed by atoms with Crippen molar-refractivity contribution in [1.29, 1.82) is 0 Å². The molecule has 0 unspecified atom stereocenters. The monoisotopic (exact) mass is 417 g/mol. The van der Waals surface area contributed by atoms with Crippen molar-refractivity contribution in [3.63, 3.8) is 0 Å². The van der Waals surface area contributed by atoms with Crippen LogP contribution in [0.5, 0.6) is 0 Å². The number of likely N-dealkylation sites (tertiary alicyclic amines) is 1. The van der Waals surface area contributed by atoms with Crippen molar-refractivity contribution in [2.24, 2.45) is 11.8 Å². The van der Waals surface area contributed by atoms with Crippen molar-refractivity contribution < 1.29 is 9.32 Å². The fraction of sp³-hybridized carbons (Fsp3) is 0.423. The average Bonchev–Trinajstić information content (AvgIpc) is 3.23. The van der Waals surface area contributed by atoms with Gasteiger partial charge in [0.2, 0.25) is 5.89 Å². The van der Waals surface area contributed by atoms with Gasteiger partial charge in [0, 0.05) is 18.9 Å². The first-order chi connectivity index (χ1) is 15.1. The van der Waals surface area contributed by atoms with Gasteiger partial charge in [-0.1, -0.05) is 79.7 Å². The molecular weight excluding hydrogens is 386 g/mol. The Bertz CT molecular complexity index is 929. The molecule has 1 aromatic heterocycles. The lowest BCUT2D eigenvalue weighted by Gasteiger charge is -2.31. The van der Waals surface area contributed by atoms with Gasteiger partial charge in [-0.05, 0) is 36.4 Å². The molecule has 31 heavy (non-hydrogen) atoms. The summed E-state index contributed by atoms with van der Waals surface area (Å²) in [6.45, 7) is 6.55. The van der Waals surface area contributed by atoms with Crippen LogP contribution in [0.25, 0.3) is 0 Å². The highest BCUT2D eigenvalue weighted by atomic mass is 16.5. The molecule has 0 N–H and O–H groups in total. The SMILES string of the molecule is CC(C)CC(=O)[C@H]1CCCN(Cc2nc(C(c3ccccc3)c3ccccc3)no2)C1. The zero-order valence-corrected chi connectivity index (χ0v) is 18.4. The highest BCUT2D eigenvalue weighted by Gasteiger charge is 2.28. The molecule has 0 radical (unpaired) electrons. The van der Waals surface area contributed by atoms with Crippen LogP contribution in [0.3, 0.4) is 0 Å². The van der Waals surface area contributed by atoms with E-state index in [0.29, 0.717) is 36.4 Å². The zero-order valence-electron chi connectivity index (χ0n) is 18.4. The minimum Gasteiger partial charge on any atom is -0.338 e. The fourth-order valence-corrected chi connectivity index (χ4v) is 4.45. The normalized spacial score (nSPS) is 17.4. The van der Waals surface area contributed by atoms with E-state index >= 15 is 0 Å². The van der Waals surface area contributed by atoms with E-state index in [1.165, 1.54) is 0 Å². The molecule has 1 saturated heterocycles. The van der Waals surface area contributed by atoms with E-state index in [9.17, 15) is 4.79 Å². The van der Waals surface area contributed by atoms with Crippen LogP contribution in [-0.4, -0.2) is 33.9 Å². The Morgan fingerprint density at radius 1 is 1.06 bits per heavy atom. The minimum atomic E-state index is -0.0679. The van der Waals surface area contributed by atoms with E-state index in [1.807, 2.05) is 36.4 Å². The van der Waals surface area contributed by atoms with Gasteiger partial charge in [-0.3, -0.25) is 9.69 Å². The summed E-state index contributed by atoms with van der Waals surface area (Å²) in [6.07, 6.45) is 2.69. The average molecular weight is 418 g/mol. The van der Waals surface area contributed by atoms with Crippen LogP contribution in [0, 0.1) is 11.8 Å². The number of carbonyl (C=O) groups is 1. The smallest absolute Gasteiger partial charge is 0.240 e. The molecule has 0 bridgehead atoms. The van der Waals surface area contributed by atoms with Crippen LogP contribution < -0.4 is 0 Å². The van der Waals surface area contributed by atoms with Crippen LogP contribution in [-0.2, 0) is 11.3 Å². The van der Waals surface area contributed by atoms with Gasteiger partial charge in [-0.25, -0.2) is 0 Å². The van der Waals surface area contributed by atoms with E-state index in [1.54, 1.807) is 0 Å². The molecular formula is C26H31N3O2. The fourth-order valence-electron chi connectivity index (χ4n) is 4.45. The van der Waals surface area contributed by atoms with Crippen LogP contribution in [0.15, 0.2) is 65.2 Å². The zero-order chi connectivity index (χ0) is 21.6. The van der Waals surface area contributed by atoms with Crippen LogP contribution >= 0.6 is 0 Å². The molecule has 0 spiro atoms. The van der Waals surface area contributed by atoms with Crippen molar-refractivity contribution in [2.75, 3.05) is 13.1 Å². The van der Waals surface area contributed by atoms with Gasteiger partial charge in [0.1, 0.15) is 5.78 Å². The van der Waals surface area contributed by atoms with E-state index in [4.69, 9.17) is 9.51 Å². The Morgan fingerprint density at radius 3 is 2.32 bits per heavy atom. The lowest BCUT2D eigenvalue weighted by atomic mass is 9.89. The molecule has 0 aliphatic carbocycles. The maximum absolute atomic E-state index is 12.5. The molecule has 4 rings (SSSR count). The minimum absolute atomic E-state index is 0.0679. The highest BCUT2D eigenvalue weighted by Crippen LogP contribution is 2.30. The number of aromatic nitrogens is 2. The van der Waals surface area contributed by atoms with Crippen LogP contribution in [0.1, 0.15) is 61.9 Å². The molecule has 3 aromatic rings. The second-order valence-corrected chi connectivity index (χ2v) is 8.94. The standard InChI is InChI=1S/C26H31N3O2/c1-19(2)16-23(30)22-14-9-15-29(17-22)18-24-27-26(28-31-24)25(20-10-5-3-6-11-20)21-12-7-4-8-13-21/h3-8,10-13,19,22,25H,9,14-18H2,1-2H3/t22-/m0/s1. The number of ketones is 1. The van der Waals surface area contributed by atoms with Crippen molar-refractivity contribution in [1.82, 2.24) is 15.0 Å². The molecule has 5 heteroatoms. The summed E-state index contributed by atoms with van der Waals surface area (Å²) in [5.74, 6) is 2.15. The van der Waals surface area contributed by atoms with E-state index in [2.05, 4.69) is 48.2 Å². The number of hydrogen-bond donors (Lipinski definition) is 0. The third-order valence-corrected chi connectivity index (χ3v) is 5.94. The Kier molecular flexibility index (Phi) is 6.92. The van der Waals surface area contributed by atoms with E-state index < -0.39 is 0 Å². The van der Waals surface area contributed by atoms with Crippen molar-refractivity contribution >= 4 is 5.78 Å². The second kappa shape index (κ2) is 10.0. The highest BCUT2D eigenvalue weighted by molar-refractivity contribution is 5.81. The Hall–Kier alpha value is -2.79. The summed E-state index contributed by atoms with van der Waals surface area (Å²) in [7, 11) is 0. The number of piperidine rings is 1. The molecule has 1 fully saturated rings. The Morgan fingerprint density at radius 2 is 1.71 bits per heavy atom. The molecule has 0 amide bonds. The Labute approximate surface area is 184 Å². The maximum Gasteiger partial charge on any atom is 0.240 e. The van der Waals surface area contributed by atoms with Gasteiger partial charge in [0.05, 0.1) is 12.5 Å². The molecule has 1 atom stereocenters. The summed E-state index contributed by atoms with van der Waals surface area (Å²) in [5, 5.41) is 4.35. The quantitative estimate of drug-likeness (QED) is 0.512. The molecule has 1 aliphatic heterocycles. The van der Waals surface area contributed by atoms with Gasteiger partial charge < -0.3 is 4.52 Å². The van der Waals surface area contributed by atoms with Gasteiger partial charge in [0.25, 0.3) is 0 Å². The topological polar surface area (TPSA) is 59.2 Å². The largest absolute Gasteiger partial charge is 0.338 e. The molecule has 0 saturated carbocycles. The second-order valence-electron chi connectivity index (χ2n) is 8.94. The van der Waals surface area contributed by atoms with Gasteiger partial charge in [-0.15, -0.1) is 0 Å². The van der Waals surface area contributed by atoms with Gasteiger partial charge in [0.15, 0.2) is 5.82 Å². The van der Waals surface area contributed by atoms with E-state index in [0.717, 1.165) is 37.1 Å². The predicted molar refractivity (Wildman–Crippen MR) is 121 cm³/mol. The summed E-state index contributed by atoms with van der Waals surface area (Å²) in [6, 6.07) is 20.6. The lowest BCUT2D eigenvalue weighted by Crippen LogP contribution is -2.38. The number of carbonyl (C=O) groups excluding carboxylic acids is 1. The first-order valence-electron chi connectivity index (χ1n) is 11.3. The summed E-state index contributed by atoms with van der Waals surface area (Å²) < 4.78 is 5.66. The number of nitrogens with zero attached hydrogens (tertiary/aromatic N) is 3. The third-order valence-electron chi connectivity index (χ3n) is 5.94. The van der Waals surface area contributed by atoms with E-state index in [-0.39, 0.29) is 11.8 Å². The number of benzene rings is 2. The van der Waals surface area contributed by atoms with Crippen LogP contribution in [0.2, 0.25) is 0 Å². The molecule has 5 nitrogen and oxygen atoms in total. The summed E-state index contributed by atoms with van der Waals surface area (Å²) >= 11 is 0. The molecule has 2 aromatic carbocycles. The van der Waals surface area contributed by atoms with Crippen LogP contribution in [0.4, 0.5) is 0 Å². The van der Waals surface area contributed by atoms with Crippen molar-refractivity contribution in [2.45, 2.75) is 45.6 Å². The summed E-state index contributed by atoms with van der Waals surface area (Å²) in [4.78, 5) is 19.6. The molecule has 2 heterocycles. The molecule has 162 valence electrons. The van der Waals surface area contributed by atoms with Crippen molar-refractivity contribution in [3.05, 3.63) is 83.5 Å². The summed E-state index contributed by atoms with van der Waals surface area (Å²) in [5.41, 5.74) is 2.27. The predicted octanol–water partition coefficient (Wildman–Crippen LogP) is 5.08. The lowest BCUT2D eigenvalue weighted by molar-refractivity contribution is -0.125. The number of rotatable bonds is 8. The number of Topliss-reactive ketones (excluding diaryl/α,β-unsaturated/α-hetero) is 1. The number of hydrogen-bond acceptors (Lipinski definition) is 5. The maximum atomic E-state index is 12.5. The first-order valence-corrected chi connectivity index (χ1v) is 11.3. The van der Waals surface area contributed by atoms with Crippen molar-refractivity contribution in [3.8, 4) is 0 Å². The Balaban J connectivity index is 1.49.